The van der Waals surface area contributed by atoms with Crippen molar-refractivity contribution in [1.29, 1.82) is 5.26 Å². The van der Waals surface area contributed by atoms with Gasteiger partial charge in [-0.1, -0.05) is 0 Å². The zero-order valence-corrected chi connectivity index (χ0v) is 6.00. The van der Waals surface area contributed by atoms with Gasteiger partial charge in [-0.15, -0.1) is 0 Å². The normalized spacial score (nSPS) is 8.73. The second kappa shape index (κ2) is 2.93. The SMILES string of the molecule is COc1cc([O])ccc1C#N. The summed E-state index contributed by atoms with van der Waals surface area (Å²) in [6.07, 6.45) is 0. The lowest BCUT2D eigenvalue weighted by molar-refractivity contribution is 0.348. The molecule has 55 valence electrons. The molecule has 1 radical (unpaired) electrons. The molecule has 0 bridgehead atoms. The van der Waals surface area contributed by atoms with E-state index in [0.717, 1.165) is 0 Å². The standard InChI is InChI=1S/C8H6NO2/c1-11-8-4-7(10)3-2-6(8)5-9/h2-4H,1H3. The molecule has 0 aliphatic carbocycles. The van der Waals surface area contributed by atoms with Crippen molar-refractivity contribution < 1.29 is 9.84 Å². The van der Waals surface area contributed by atoms with Crippen LogP contribution in [0.4, 0.5) is 0 Å². The van der Waals surface area contributed by atoms with Gasteiger partial charge in [-0.3, -0.25) is 5.11 Å². The highest BCUT2D eigenvalue weighted by Crippen LogP contribution is 2.22. The Morgan fingerprint density at radius 1 is 1.55 bits per heavy atom. The minimum atomic E-state index is -0.152. The average Bonchev–Trinajstić information content (AvgIpc) is 2.04. The van der Waals surface area contributed by atoms with Gasteiger partial charge in [0.15, 0.2) is 5.75 Å². The molecule has 0 N–H and O–H groups in total. The van der Waals surface area contributed by atoms with Crippen LogP contribution in [-0.2, 0) is 5.11 Å². The molecule has 0 fully saturated rings. The minimum Gasteiger partial charge on any atom is -0.495 e. The lowest BCUT2D eigenvalue weighted by Crippen LogP contribution is -1.85. The van der Waals surface area contributed by atoms with E-state index >= 15 is 0 Å². The molecule has 0 unspecified atom stereocenters. The van der Waals surface area contributed by atoms with Gasteiger partial charge in [-0.2, -0.15) is 5.26 Å². The third kappa shape index (κ3) is 1.41. The van der Waals surface area contributed by atoms with Gasteiger partial charge in [0.1, 0.15) is 11.8 Å². The highest BCUT2D eigenvalue weighted by atomic mass is 16.5. The Balaban J connectivity index is 3.19. The van der Waals surface area contributed by atoms with Crippen LogP contribution in [-0.4, -0.2) is 7.11 Å². The number of benzene rings is 1. The molecule has 1 rings (SSSR count). The predicted octanol–water partition coefficient (Wildman–Crippen LogP) is 1.71. The highest BCUT2D eigenvalue weighted by molar-refractivity contribution is 5.46. The molecule has 0 saturated heterocycles. The van der Waals surface area contributed by atoms with Crippen molar-refractivity contribution in [3.63, 3.8) is 0 Å². The average molecular weight is 148 g/mol. The van der Waals surface area contributed by atoms with Gasteiger partial charge < -0.3 is 4.74 Å². The molecule has 1 aromatic rings. The smallest absolute Gasteiger partial charge is 0.182 e. The fraction of sp³-hybridized carbons (Fsp3) is 0.125. The third-order valence-electron chi connectivity index (χ3n) is 1.29. The predicted molar refractivity (Wildman–Crippen MR) is 37.8 cm³/mol. The molecule has 11 heavy (non-hydrogen) atoms. The van der Waals surface area contributed by atoms with Gasteiger partial charge in [0.05, 0.1) is 12.7 Å². The van der Waals surface area contributed by atoms with Crippen LogP contribution in [0, 0.1) is 11.3 Å². The van der Waals surface area contributed by atoms with E-state index in [2.05, 4.69) is 0 Å². The van der Waals surface area contributed by atoms with Crippen molar-refractivity contribution in [2.75, 3.05) is 7.11 Å². The maximum absolute atomic E-state index is 10.7. The van der Waals surface area contributed by atoms with E-state index in [4.69, 9.17) is 10.00 Å². The summed E-state index contributed by atoms with van der Waals surface area (Å²) in [5.74, 6) is 0.181. The number of hydrogen-bond acceptors (Lipinski definition) is 2. The fourth-order valence-electron chi connectivity index (χ4n) is 0.764. The molecule has 0 aliphatic rings. The Labute approximate surface area is 64.5 Å². The first-order chi connectivity index (χ1) is 5.27. The highest BCUT2D eigenvalue weighted by Gasteiger charge is 2.02. The Hall–Kier alpha value is -1.69. The van der Waals surface area contributed by atoms with E-state index in [9.17, 15) is 5.11 Å². The number of hydrogen-bond donors (Lipinski definition) is 0. The zero-order chi connectivity index (χ0) is 8.27. The van der Waals surface area contributed by atoms with E-state index in [1.165, 1.54) is 25.3 Å². The summed E-state index contributed by atoms with van der Waals surface area (Å²) in [6.45, 7) is 0. The zero-order valence-electron chi connectivity index (χ0n) is 6.00. The molecule has 0 saturated carbocycles. The van der Waals surface area contributed by atoms with Crippen molar-refractivity contribution in [3.05, 3.63) is 23.8 Å². The van der Waals surface area contributed by atoms with Gasteiger partial charge in [-0.25, -0.2) is 0 Å². The van der Waals surface area contributed by atoms with Crippen LogP contribution in [0.25, 0.3) is 0 Å². The Bertz CT molecular complexity index is 301. The fourth-order valence-corrected chi connectivity index (χ4v) is 0.764. The first kappa shape index (κ1) is 7.42. The van der Waals surface area contributed by atoms with Gasteiger partial charge in [-0.05, 0) is 12.1 Å². The second-order valence-corrected chi connectivity index (χ2v) is 1.97. The summed E-state index contributed by atoms with van der Waals surface area (Å²) in [7, 11) is 1.43. The maximum atomic E-state index is 10.7. The van der Waals surface area contributed by atoms with E-state index in [0.29, 0.717) is 11.3 Å². The minimum absolute atomic E-state index is 0.152. The lowest BCUT2D eigenvalue weighted by Gasteiger charge is -1.99. The summed E-state index contributed by atoms with van der Waals surface area (Å²) in [6, 6.07) is 5.98. The summed E-state index contributed by atoms with van der Waals surface area (Å²) in [5.41, 5.74) is 0.382. The Morgan fingerprint density at radius 2 is 2.27 bits per heavy atom. The van der Waals surface area contributed by atoms with E-state index < -0.39 is 0 Å². The Morgan fingerprint density at radius 3 is 2.82 bits per heavy atom. The van der Waals surface area contributed by atoms with Crippen molar-refractivity contribution in [3.8, 4) is 17.6 Å². The molecule has 0 heterocycles. The third-order valence-corrected chi connectivity index (χ3v) is 1.29. The van der Waals surface area contributed by atoms with Gasteiger partial charge in [0.25, 0.3) is 0 Å². The number of ether oxygens (including phenoxy) is 1. The lowest BCUT2D eigenvalue weighted by atomic mass is 10.2. The molecule has 0 spiro atoms. The maximum Gasteiger partial charge on any atom is 0.182 e. The van der Waals surface area contributed by atoms with E-state index in [-0.39, 0.29) is 5.75 Å². The Kier molecular flexibility index (Phi) is 1.98. The van der Waals surface area contributed by atoms with Gasteiger partial charge >= 0.3 is 0 Å². The first-order valence-electron chi connectivity index (χ1n) is 3.03. The van der Waals surface area contributed by atoms with Crippen molar-refractivity contribution in [1.82, 2.24) is 0 Å². The van der Waals surface area contributed by atoms with E-state index in [1.807, 2.05) is 6.07 Å². The van der Waals surface area contributed by atoms with Crippen molar-refractivity contribution in [2.45, 2.75) is 0 Å². The number of nitriles is 1. The van der Waals surface area contributed by atoms with Crippen molar-refractivity contribution >= 4 is 0 Å². The van der Waals surface area contributed by atoms with E-state index in [1.54, 1.807) is 0 Å². The summed E-state index contributed by atoms with van der Waals surface area (Å²) in [4.78, 5) is 0. The van der Waals surface area contributed by atoms with Gasteiger partial charge in [0, 0.05) is 6.07 Å². The quantitative estimate of drug-likeness (QED) is 0.608. The molecule has 0 aromatic heterocycles. The largest absolute Gasteiger partial charge is 0.495 e. The van der Waals surface area contributed by atoms with Crippen molar-refractivity contribution in [2.24, 2.45) is 0 Å². The summed E-state index contributed by atoms with van der Waals surface area (Å²) >= 11 is 0. The molecule has 0 amide bonds. The number of nitrogens with zero attached hydrogens (tertiary/aromatic N) is 1. The molecule has 1 aromatic carbocycles. The van der Waals surface area contributed by atoms with Crippen LogP contribution in [0.2, 0.25) is 0 Å². The topological polar surface area (TPSA) is 52.9 Å². The van der Waals surface area contributed by atoms with Crippen LogP contribution in [0.3, 0.4) is 0 Å². The molecular formula is C8H6NO2. The summed E-state index contributed by atoms with van der Waals surface area (Å²) < 4.78 is 4.79. The van der Waals surface area contributed by atoms with Crippen LogP contribution in [0.5, 0.6) is 11.5 Å². The first-order valence-corrected chi connectivity index (χ1v) is 3.03. The van der Waals surface area contributed by atoms with Crippen LogP contribution in [0.15, 0.2) is 18.2 Å². The molecule has 0 atom stereocenters. The monoisotopic (exact) mass is 148 g/mol. The molecule has 3 heteroatoms. The van der Waals surface area contributed by atoms with Crippen LogP contribution >= 0.6 is 0 Å². The summed E-state index contributed by atoms with van der Waals surface area (Å²) in [5, 5.41) is 19.2. The molecular weight excluding hydrogens is 142 g/mol. The number of rotatable bonds is 1. The van der Waals surface area contributed by atoms with Crippen LogP contribution in [0.1, 0.15) is 5.56 Å². The number of methoxy groups -OCH3 is 1. The van der Waals surface area contributed by atoms with Crippen LogP contribution < -0.4 is 4.74 Å². The molecule has 3 nitrogen and oxygen atoms in total. The van der Waals surface area contributed by atoms with Gasteiger partial charge in [0.2, 0.25) is 0 Å². The second-order valence-electron chi connectivity index (χ2n) is 1.97. The molecule has 0 aliphatic heterocycles.